The number of nitrogens with zero attached hydrogens (tertiary/aromatic N) is 4. The van der Waals surface area contributed by atoms with E-state index in [9.17, 15) is 4.79 Å². The van der Waals surface area contributed by atoms with Crippen molar-refractivity contribution >= 4 is 11.7 Å². The molecule has 0 saturated heterocycles. The molecule has 102 valence electrons. The first-order valence-corrected chi connectivity index (χ1v) is 6.11. The second kappa shape index (κ2) is 5.55. The minimum Gasteiger partial charge on any atom is -0.382 e. The van der Waals surface area contributed by atoms with Gasteiger partial charge in [-0.15, -0.1) is 0 Å². The number of amides is 1. The summed E-state index contributed by atoms with van der Waals surface area (Å²) in [7, 11) is 0. The van der Waals surface area contributed by atoms with Crippen molar-refractivity contribution < 1.29 is 4.79 Å². The van der Waals surface area contributed by atoms with Crippen LogP contribution in [0.2, 0.25) is 0 Å². The first kappa shape index (κ1) is 13.1. The van der Waals surface area contributed by atoms with Crippen molar-refractivity contribution in [1.82, 2.24) is 24.9 Å². The Morgan fingerprint density at radius 3 is 2.74 bits per heavy atom. The third-order valence-electron chi connectivity index (χ3n) is 2.73. The van der Waals surface area contributed by atoms with Gasteiger partial charge in [-0.1, -0.05) is 0 Å². The number of hydrogen-bond acceptors (Lipinski definition) is 4. The zero-order chi connectivity index (χ0) is 13.8. The third kappa shape index (κ3) is 3.57. The average molecular weight is 262 g/mol. The maximum atomic E-state index is 11.7. The smallest absolute Gasteiger partial charge is 0.241 e. The summed E-state index contributed by atoms with van der Waals surface area (Å²) in [5.41, 5.74) is 7.46. The molecule has 0 aliphatic heterocycles. The number of carbonyl (C=O) groups excluding carboxylic acids is 1. The fourth-order valence-corrected chi connectivity index (χ4v) is 1.72. The summed E-state index contributed by atoms with van der Waals surface area (Å²) in [5, 5.41) is 11.1. The summed E-state index contributed by atoms with van der Waals surface area (Å²) in [5.74, 6) is 0.367. The van der Waals surface area contributed by atoms with E-state index in [0.29, 0.717) is 18.9 Å². The van der Waals surface area contributed by atoms with E-state index in [4.69, 9.17) is 5.73 Å². The molecule has 2 heterocycles. The number of aromatic nitrogens is 4. The van der Waals surface area contributed by atoms with E-state index in [-0.39, 0.29) is 12.5 Å². The van der Waals surface area contributed by atoms with Crippen LogP contribution in [-0.4, -0.2) is 32.0 Å². The van der Waals surface area contributed by atoms with Gasteiger partial charge in [0.1, 0.15) is 12.4 Å². The van der Waals surface area contributed by atoms with Gasteiger partial charge >= 0.3 is 0 Å². The molecule has 2 aromatic heterocycles. The normalized spacial score (nSPS) is 10.6. The van der Waals surface area contributed by atoms with Gasteiger partial charge in [0.15, 0.2) is 0 Å². The van der Waals surface area contributed by atoms with Crippen molar-refractivity contribution in [3.05, 3.63) is 29.7 Å². The van der Waals surface area contributed by atoms with E-state index in [1.54, 1.807) is 10.9 Å². The third-order valence-corrected chi connectivity index (χ3v) is 2.73. The molecule has 0 aromatic carbocycles. The molecule has 7 nitrogen and oxygen atoms in total. The second-order valence-corrected chi connectivity index (χ2v) is 4.47. The Hall–Kier alpha value is -2.31. The molecular weight excluding hydrogens is 244 g/mol. The zero-order valence-electron chi connectivity index (χ0n) is 11.1. The topological polar surface area (TPSA) is 90.8 Å². The summed E-state index contributed by atoms with van der Waals surface area (Å²) in [6, 6.07) is 1.93. The highest BCUT2D eigenvalue weighted by molar-refractivity contribution is 5.75. The van der Waals surface area contributed by atoms with Gasteiger partial charge in [-0.2, -0.15) is 10.2 Å². The van der Waals surface area contributed by atoms with E-state index in [1.165, 1.54) is 4.68 Å². The van der Waals surface area contributed by atoms with Crippen molar-refractivity contribution in [1.29, 1.82) is 0 Å². The van der Waals surface area contributed by atoms with Crippen LogP contribution in [-0.2, 0) is 17.9 Å². The largest absolute Gasteiger partial charge is 0.382 e. The van der Waals surface area contributed by atoms with Gasteiger partial charge in [-0.3, -0.25) is 14.2 Å². The number of rotatable bonds is 5. The van der Waals surface area contributed by atoms with Crippen molar-refractivity contribution in [2.75, 3.05) is 12.3 Å². The maximum absolute atomic E-state index is 11.7. The molecule has 0 radical (unpaired) electrons. The monoisotopic (exact) mass is 262 g/mol. The first-order chi connectivity index (χ1) is 9.04. The lowest BCUT2D eigenvalue weighted by atomic mass is 10.4. The van der Waals surface area contributed by atoms with Crippen LogP contribution in [0, 0.1) is 13.8 Å². The fraction of sp³-hybridized carbons (Fsp3) is 0.417. The summed E-state index contributed by atoms with van der Waals surface area (Å²) in [6.45, 7) is 5.15. The Bertz CT molecular complexity index is 551. The van der Waals surface area contributed by atoms with Gasteiger partial charge < -0.3 is 11.1 Å². The van der Waals surface area contributed by atoms with E-state index < -0.39 is 0 Å². The lowest BCUT2D eigenvalue weighted by Gasteiger charge is -2.05. The van der Waals surface area contributed by atoms with Crippen LogP contribution in [0.3, 0.4) is 0 Å². The molecule has 0 atom stereocenters. The number of carbonyl (C=O) groups is 1. The Labute approximate surface area is 111 Å². The average Bonchev–Trinajstić information content (AvgIpc) is 2.86. The Balaban J connectivity index is 1.75. The molecule has 2 rings (SSSR count). The van der Waals surface area contributed by atoms with Crippen molar-refractivity contribution in [2.45, 2.75) is 26.9 Å². The van der Waals surface area contributed by atoms with E-state index in [2.05, 4.69) is 15.5 Å². The number of aryl methyl sites for hydroxylation is 2. The fourth-order valence-electron chi connectivity index (χ4n) is 1.72. The molecule has 0 fully saturated rings. The molecular formula is C12H18N6O. The summed E-state index contributed by atoms with van der Waals surface area (Å²) in [4.78, 5) is 11.7. The predicted molar refractivity (Wildman–Crippen MR) is 71.4 cm³/mol. The minimum absolute atomic E-state index is 0.0913. The highest BCUT2D eigenvalue weighted by Crippen LogP contribution is 2.05. The van der Waals surface area contributed by atoms with Gasteiger partial charge in [0.05, 0.1) is 12.2 Å². The lowest BCUT2D eigenvalue weighted by Crippen LogP contribution is -2.30. The highest BCUT2D eigenvalue weighted by Gasteiger charge is 2.06. The number of anilines is 1. The maximum Gasteiger partial charge on any atom is 0.241 e. The van der Waals surface area contributed by atoms with Crippen molar-refractivity contribution in [3.8, 4) is 0 Å². The SMILES string of the molecule is Cc1ccn(CCNC(=O)Cn2cc(C)c(N)n2)n1. The van der Waals surface area contributed by atoms with Gasteiger partial charge in [-0.05, 0) is 19.9 Å². The Morgan fingerprint density at radius 1 is 1.37 bits per heavy atom. The molecule has 7 heteroatoms. The van der Waals surface area contributed by atoms with E-state index in [1.807, 2.05) is 26.1 Å². The summed E-state index contributed by atoms with van der Waals surface area (Å²) in [6.07, 6.45) is 3.64. The minimum atomic E-state index is -0.0913. The van der Waals surface area contributed by atoms with Gasteiger partial charge in [0.2, 0.25) is 5.91 Å². The van der Waals surface area contributed by atoms with Crippen LogP contribution >= 0.6 is 0 Å². The molecule has 3 N–H and O–H groups in total. The summed E-state index contributed by atoms with van der Waals surface area (Å²) < 4.78 is 3.34. The first-order valence-electron chi connectivity index (χ1n) is 6.11. The molecule has 0 aliphatic rings. The molecule has 19 heavy (non-hydrogen) atoms. The molecule has 0 bridgehead atoms. The Kier molecular flexibility index (Phi) is 3.84. The second-order valence-electron chi connectivity index (χ2n) is 4.47. The highest BCUT2D eigenvalue weighted by atomic mass is 16.2. The molecule has 0 spiro atoms. The molecule has 0 unspecified atom stereocenters. The van der Waals surface area contributed by atoms with E-state index >= 15 is 0 Å². The number of nitrogen functional groups attached to an aromatic ring is 1. The van der Waals surface area contributed by atoms with Crippen LogP contribution in [0.1, 0.15) is 11.3 Å². The Morgan fingerprint density at radius 2 is 2.16 bits per heavy atom. The van der Waals surface area contributed by atoms with Gasteiger partial charge in [0, 0.05) is 24.5 Å². The van der Waals surface area contributed by atoms with Crippen LogP contribution in [0.4, 0.5) is 5.82 Å². The predicted octanol–water partition coefficient (Wildman–Crippen LogP) is 0.0950. The molecule has 2 aromatic rings. The number of nitrogens with one attached hydrogen (secondary N) is 1. The van der Waals surface area contributed by atoms with Crippen LogP contribution in [0.15, 0.2) is 18.5 Å². The summed E-state index contributed by atoms with van der Waals surface area (Å²) >= 11 is 0. The van der Waals surface area contributed by atoms with E-state index in [0.717, 1.165) is 11.3 Å². The van der Waals surface area contributed by atoms with Gasteiger partial charge in [-0.25, -0.2) is 0 Å². The standard InChI is InChI=1S/C12H18N6O/c1-9-7-18(16-12(9)13)8-11(19)14-4-6-17-5-3-10(2)15-17/h3,5,7H,4,6,8H2,1-2H3,(H2,13,16)(H,14,19). The molecule has 0 aliphatic carbocycles. The quantitative estimate of drug-likeness (QED) is 0.799. The van der Waals surface area contributed by atoms with Crippen molar-refractivity contribution in [3.63, 3.8) is 0 Å². The number of nitrogens with two attached hydrogens (primary N) is 1. The zero-order valence-corrected chi connectivity index (χ0v) is 11.1. The number of hydrogen-bond donors (Lipinski definition) is 2. The molecule has 1 amide bonds. The van der Waals surface area contributed by atoms with Gasteiger partial charge in [0.25, 0.3) is 0 Å². The van der Waals surface area contributed by atoms with Crippen LogP contribution < -0.4 is 11.1 Å². The van der Waals surface area contributed by atoms with Crippen LogP contribution in [0.25, 0.3) is 0 Å². The molecule has 0 saturated carbocycles. The lowest BCUT2D eigenvalue weighted by molar-refractivity contribution is -0.121. The van der Waals surface area contributed by atoms with Crippen LogP contribution in [0.5, 0.6) is 0 Å². The van der Waals surface area contributed by atoms with Crippen molar-refractivity contribution in [2.24, 2.45) is 0 Å².